The fourth-order valence-corrected chi connectivity index (χ4v) is 5.14. The van der Waals surface area contributed by atoms with E-state index in [0.29, 0.717) is 6.42 Å². The van der Waals surface area contributed by atoms with E-state index < -0.39 is 6.23 Å². The van der Waals surface area contributed by atoms with E-state index >= 15 is 0 Å². The predicted octanol–water partition coefficient (Wildman–Crippen LogP) is 4.01. The molecule has 1 N–H and O–H groups in total. The molecule has 1 unspecified atom stereocenters. The Kier molecular flexibility index (Phi) is 5.20. The van der Waals surface area contributed by atoms with Crippen LogP contribution in [0.25, 0.3) is 38.6 Å². The molecule has 0 spiro atoms. The summed E-state index contributed by atoms with van der Waals surface area (Å²) in [6.07, 6.45) is 6.16. The molecule has 8 heteroatoms. The molecule has 1 aliphatic heterocycles. The Balaban J connectivity index is 1.59. The normalized spacial score (nSPS) is 13.9. The molecule has 5 aromatic rings. The fourth-order valence-electron chi connectivity index (χ4n) is 4.97. The van der Waals surface area contributed by atoms with Crippen LogP contribution in [0.4, 0.5) is 5.69 Å². The van der Waals surface area contributed by atoms with Crippen LogP contribution in [-0.2, 0) is 13.5 Å². The van der Waals surface area contributed by atoms with Gasteiger partial charge in [-0.05, 0) is 53.2 Å². The lowest BCUT2D eigenvalue weighted by atomic mass is 10.0. The summed E-state index contributed by atoms with van der Waals surface area (Å²) in [5.41, 5.74) is 6.32. The molecule has 0 bridgehead atoms. The molecule has 0 saturated heterocycles. The van der Waals surface area contributed by atoms with E-state index in [1.165, 1.54) is 0 Å². The number of anilines is 1. The third-order valence-electron chi connectivity index (χ3n) is 6.68. The van der Waals surface area contributed by atoms with Crippen LogP contribution in [-0.4, -0.2) is 42.6 Å². The Bertz CT molecular complexity index is 1670. The molecular formula is C27H23N5O2S. The Morgan fingerprint density at radius 3 is 2.80 bits per heavy atom. The van der Waals surface area contributed by atoms with E-state index in [1.807, 2.05) is 60.7 Å². The van der Waals surface area contributed by atoms with E-state index in [4.69, 9.17) is 12.2 Å². The zero-order chi connectivity index (χ0) is 24.1. The third kappa shape index (κ3) is 3.62. The van der Waals surface area contributed by atoms with Crippen molar-refractivity contribution in [2.24, 2.45) is 7.05 Å². The summed E-state index contributed by atoms with van der Waals surface area (Å²) in [6, 6.07) is 15.5. The molecule has 0 amide bonds. The number of hydrogen-bond donors (Lipinski definition) is 1. The van der Waals surface area contributed by atoms with Crippen molar-refractivity contribution in [3.05, 3.63) is 83.0 Å². The minimum absolute atomic E-state index is 0.124. The van der Waals surface area contributed by atoms with Gasteiger partial charge in [0.2, 0.25) is 0 Å². The van der Waals surface area contributed by atoms with Crippen molar-refractivity contribution in [1.29, 1.82) is 0 Å². The van der Waals surface area contributed by atoms with Crippen LogP contribution < -0.4 is 10.5 Å². The first kappa shape index (κ1) is 21.6. The first-order chi connectivity index (χ1) is 17.0. The first-order valence-electron chi connectivity index (χ1n) is 11.5. The smallest absolute Gasteiger partial charge is 0.255 e. The highest BCUT2D eigenvalue weighted by molar-refractivity contribution is 7.78. The van der Waals surface area contributed by atoms with Crippen LogP contribution in [0.15, 0.2) is 71.9 Å². The fraction of sp³-hybridized carbons (Fsp3) is 0.185. The standard InChI is InChI=1S/C27H23N5O2S/c1-30-16-20(15-29-30)18-3-6-23-22(12-18)27-19(14-28-23)4-7-26(34)32(27)21-5-2-17-8-10-31(24(17)13-21)25(33)9-11-35/h2-7,11-16,25,33H,8-10H2,1H3. The number of aryl methyl sites for hydroxylation is 1. The van der Waals surface area contributed by atoms with Crippen molar-refractivity contribution in [3.8, 4) is 16.8 Å². The van der Waals surface area contributed by atoms with Gasteiger partial charge >= 0.3 is 0 Å². The molecule has 2 aromatic carbocycles. The molecule has 4 heterocycles. The van der Waals surface area contributed by atoms with Crippen molar-refractivity contribution in [3.63, 3.8) is 0 Å². The summed E-state index contributed by atoms with van der Waals surface area (Å²) >= 11 is 4.96. The Morgan fingerprint density at radius 1 is 1.11 bits per heavy atom. The average molecular weight is 482 g/mol. The van der Waals surface area contributed by atoms with Crippen molar-refractivity contribution < 1.29 is 5.11 Å². The number of benzene rings is 2. The highest BCUT2D eigenvalue weighted by Gasteiger charge is 2.25. The van der Waals surface area contributed by atoms with Gasteiger partial charge in [0.25, 0.3) is 5.56 Å². The second kappa shape index (κ2) is 8.41. The lowest BCUT2D eigenvalue weighted by Crippen LogP contribution is -2.33. The van der Waals surface area contributed by atoms with Crippen LogP contribution in [0.1, 0.15) is 12.0 Å². The SMILES string of the molecule is Cn1cc(-c2ccc3ncc4ccc(=O)n(-c5ccc6c(c5)N(C(O)CC=S)CC6)c4c3c2)cn1. The summed E-state index contributed by atoms with van der Waals surface area (Å²) in [4.78, 5) is 19.9. The van der Waals surface area contributed by atoms with Crippen molar-refractivity contribution in [2.45, 2.75) is 19.1 Å². The molecule has 1 atom stereocenters. The van der Waals surface area contributed by atoms with Crippen LogP contribution >= 0.6 is 12.2 Å². The van der Waals surface area contributed by atoms with E-state index in [0.717, 1.165) is 62.8 Å². The van der Waals surface area contributed by atoms with E-state index in [-0.39, 0.29) is 5.56 Å². The predicted molar refractivity (Wildman–Crippen MR) is 142 cm³/mol. The maximum absolute atomic E-state index is 13.3. The van der Waals surface area contributed by atoms with Gasteiger partial charge in [-0.25, -0.2) is 0 Å². The van der Waals surface area contributed by atoms with Crippen LogP contribution in [0.5, 0.6) is 0 Å². The van der Waals surface area contributed by atoms with Gasteiger partial charge in [0.15, 0.2) is 0 Å². The number of aliphatic hydroxyl groups is 1. The maximum Gasteiger partial charge on any atom is 0.255 e. The van der Waals surface area contributed by atoms with Crippen molar-refractivity contribution in [2.75, 3.05) is 11.4 Å². The Morgan fingerprint density at radius 2 is 2.00 bits per heavy atom. The monoisotopic (exact) mass is 481 g/mol. The summed E-state index contributed by atoms with van der Waals surface area (Å²) in [6.45, 7) is 0.717. The molecule has 0 radical (unpaired) electrons. The van der Waals surface area contributed by atoms with Gasteiger partial charge in [0.1, 0.15) is 6.23 Å². The maximum atomic E-state index is 13.3. The van der Waals surface area contributed by atoms with Gasteiger partial charge in [-0.1, -0.05) is 24.4 Å². The number of aliphatic hydroxyl groups excluding tert-OH is 1. The summed E-state index contributed by atoms with van der Waals surface area (Å²) < 4.78 is 3.51. The highest BCUT2D eigenvalue weighted by atomic mass is 32.1. The summed E-state index contributed by atoms with van der Waals surface area (Å²) in [7, 11) is 1.89. The molecule has 7 nitrogen and oxygen atoms in total. The summed E-state index contributed by atoms with van der Waals surface area (Å²) in [5.74, 6) is 0. The van der Waals surface area contributed by atoms with E-state index in [1.54, 1.807) is 26.9 Å². The van der Waals surface area contributed by atoms with Crippen LogP contribution in [0, 0.1) is 0 Å². The molecule has 1 aliphatic rings. The molecule has 174 valence electrons. The molecule has 6 rings (SSSR count). The number of fused-ring (bicyclic) bond motifs is 4. The second-order valence-electron chi connectivity index (χ2n) is 8.84. The molecule has 0 fully saturated rings. The van der Waals surface area contributed by atoms with Crippen molar-refractivity contribution >= 4 is 45.1 Å². The van der Waals surface area contributed by atoms with Crippen molar-refractivity contribution in [1.82, 2.24) is 19.3 Å². The van der Waals surface area contributed by atoms with E-state index in [2.05, 4.69) is 16.1 Å². The minimum Gasteiger partial charge on any atom is -0.373 e. The molecule has 0 saturated carbocycles. The number of nitrogens with zero attached hydrogens (tertiary/aromatic N) is 5. The summed E-state index contributed by atoms with van der Waals surface area (Å²) in [5, 5.41) is 18.2. The van der Waals surface area contributed by atoms with Gasteiger partial charge < -0.3 is 10.0 Å². The van der Waals surface area contributed by atoms with Gasteiger partial charge in [-0.15, -0.1) is 0 Å². The van der Waals surface area contributed by atoms with Gasteiger partial charge in [0, 0.05) is 60.5 Å². The van der Waals surface area contributed by atoms with Gasteiger partial charge in [0.05, 0.1) is 22.9 Å². The number of hydrogen-bond acceptors (Lipinski definition) is 6. The third-order valence-corrected chi connectivity index (χ3v) is 6.87. The van der Waals surface area contributed by atoms with E-state index in [9.17, 15) is 9.90 Å². The lowest BCUT2D eigenvalue weighted by molar-refractivity contribution is 0.180. The zero-order valence-electron chi connectivity index (χ0n) is 19.1. The second-order valence-corrected chi connectivity index (χ2v) is 9.18. The molecule has 0 aliphatic carbocycles. The topological polar surface area (TPSA) is 76.2 Å². The van der Waals surface area contributed by atoms with Gasteiger partial charge in [-0.2, -0.15) is 5.10 Å². The minimum atomic E-state index is -0.680. The number of thiocarbonyl (C=S) groups is 1. The first-order valence-corrected chi connectivity index (χ1v) is 12.0. The van der Waals surface area contributed by atoms with Crippen LogP contribution in [0.3, 0.4) is 0 Å². The zero-order valence-corrected chi connectivity index (χ0v) is 19.9. The van der Waals surface area contributed by atoms with Gasteiger partial charge in [-0.3, -0.25) is 19.0 Å². The Hall–Kier alpha value is -3.88. The quantitative estimate of drug-likeness (QED) is 0.302. The highest BCUT2D eigenvalue weighted by Crippen LogP contribution is 2.34. The number of aromatic nitrogens is 4. The number of rotatable bonds is 5. The van der Waals surface area contributed by atoms with Crippen LogP contribution in [0.2, 0.25) is 0 Å². The molecular weight excluding hydrogens is 458 g/mol. The molecule has 35 heavy (non-hydrogen) atoms. The lowest BCUT2D eigenvalue weighted by Gasteiger charge is -2.25. The largest absolute Gasteiger partial charge is 0.373 e. The Labute approximate surface area is 206 Å². The average Bonchev–Trinajstić information content (AvgIpc) is 3.49. The molecule has 3 aromatic heterocycles. The number of pyridine rings is 2.